The van der Waals surface area contributed by atoms with Crippen LogP contribution in [-0.2, 0) is 10.0 Å². The van der Waals surface area contributed by atoms with Crippen LogP contribution in [0.5, 0.6) is 5.75 Å². The van der Waals surface area contributed by atoms with Crippen LogP contribution in [0.25, 0.3) is 0 Å². The summed E-state index contributed by atoms with van der Waals surface area (Å²) in [5.74, 6) is 0.310. The van der Waals surface area contributed by atoms with Gasteiger partial charge in [-0.25, -0.2) is 8.42 Å². The second kappa shape index (κ2) is 13.8. The van der Waals surface area contributed by atoms with Crippen molar-refractivity contribution in [1.29, 1.82) is 0 Å². The highest BCUT2D eigenvalue weighted by molar-refractivity contribution is 9.10. The molecule has 34 heavy (non-hydrogen) atoms. The van der Waals surface area contributed by atoms with E-state index in [1.54, 1.807) is 30.3 Å². The van der Waals surface area contributed by atoms with Crippen LogP contribution in [0.4, 0.5) is 5.69 Å². The number of hydrogen-bond acceptors (Lipinski definition) is 5. The maximum absolute atomic E-state index is 12.9. The van der Waals surface area contributed by atoms with E-state index in [1.165, 1.54) is 16.4 Å². The van der Waals surface area contributed by atoms with Crippen LogP contribution >= 0.6 is 28.1 Å². The highest BCUT2D eigenvalue weighted by Crippen LogP contribution is 2.26. The van der Waals surface area contributed by atoms with Gasteiger partial charge in [-0.05, 0) is 89.9 Å². The van der Waals surface area contributed by atoms with Gasteiger partial charge in [0.2, 0.25) is 10.0 Å². The zero-order valence-corrected chi connectivity index (χ0v) is 23.0. The van der Waals surface area contributed by atoms with Crippen molar-refractivity contribution in [3.8, 4) is 5.75 Å². The largest absolute Gasteiger partial charge is 0.492 e. The fraction of sp³-hybridized carbons (Fsp3) is 0.417. The maximum atomic E-state index is 12.9. The summed E-state index contributed by atoms with van der Waals surface area (Å²) in [6.07, 6.45) is 3.49. The molecule has 0 saturated heterocycles. The zero-order chi connectivity index (χ0) is 25.1. The van der Waals surface area contributed by atoms with Crippen LogP contribution in [0.15, 0.2) is 51.8 Å². The summed E-state index contributed by atoms with van der Waals surface area (Å²) in [6.45, 7) is 7.57. The number of halogens is 1. The molecule has 0 unspecified atom stereocenters. The summed E-state index contributed by atoms with van der Waals surface area (Å²) in [7, 11) is -3.55. The Kier molecular flexibility index (Phi) is 11.4. The average Bonchev–Trinajstić information content (AvgIpc) is 2.80. The van der Waals surface area contributed by atoms with Crippen molar-refractivity contribution in [3.63, 3.8) is 0 Å². The van der Waals surface area contributed by atoms with Gasteiger partial charge in [-0.3, -0.25) is 10.1 Å². The standard InChI is InChI=1S/C24H32BrN3O4S2/c1-4-7-16-32-22-13-8-18(17-21(22)25)23(29)27-24(33)26-19-9-11-20(12-10-19)34(30,31)28(14-5-2)15-6-3/h8-13,17H,4-7,14-16H2,1-3H3,(H2,26,27,29,33). The van der Waals surface area contributed by atoms with Crippen molar-refractivity contribution in [2.75, 3.05) is 25.0 Å². The monoisotopic (exact) mass is 569 g/mol. The van der Waals surface area contributed by atoms with Crippen LogP contribution in [0.3, 0.4) is 0 Å². The molecule has 10 heteroatoms. The number of benzene rings is 2. The molecular formula is C24H32BrN3O4S2. The Morgan fingerprint density at radius 1 is 1.03 bits per heavy atom. The molecule has 1 amide bonds. The van der Waals surface area contributed by atoms with Crippen molar-refractivity contribution in [2.45, 2.75) is 51.3 Å². The molecular weight excluding hydrogens is 538 g/mol. The number of nitrogens with one attached hydrogen (secondary N) is 2. The first-order valence-corrected chi connectivity index (χ1v) is 14.0. The molecule has 0 heterocycles. The minimum Gasteiger partial charge on any atom is -0.492 e. The predicted octanol–water partition coefficient (Wildman–Crippen LogP) is 5.57. The predicted molar refractivity (Wildman–Crippen MR) is 144 cm³/mol. The van der Waals surface area contributed by atoms with Crippen molar-refractivity contribution < 1.29 is 17.9 Å². The molecule has 0 aromatic heterocycles. The first-order valence-electron chi connectivity index (χ1n) is 11.4. The van der Waals surface area contributed by atoms with Gasteiger partial charge in [0.1, 0.15) is 5.75 Å². The van der Waals surface area contributed by atoms with E-state index in [0.717, 1.165) is 25.7 Å². The molecule has 186 valence electrons. The highest BCUT2D eigenvalue weighted by Gasteiger charge is 2.22. The fourth-order valence-corrected chi connectivity index (χ4v) is 5.46. The molecule has 0 radical (unpaired) electrons. The Bertz CT molecular complexity index is 1070. The zero-order valence-electron chi connectivity index (χ0n) is 19.8. The molecule has 0 saturated carbocycles. The van der Waals surface area contributed by atoms with Crippen LogP contribution in [-0.4, -0.2) is 43.4 Å². The molecule has 2 aromatic carbocycles. The Morgan fingerprint density at radius 2 is 1.68 bits per heavy atom. The Balaban J connectivity index is 2.00. The van der Waals surface area contributed by atoms with Crippen molar-refractivity contribution in [2.24, 2.45) is 0 Å². The van der Waals surface area contributed by atoms with Gasteiger partial charge >= 0.3 is 0 Å². The van der Waals surface area contributed by atoms with E-state index in [4.69, 9.17) is 17.0 Å². The lowest BCUT2D eigenvalue weighted by molar-refractivity contribution is 0.0977. The minimum atomic E-state index is -3.55. The Hall–Kier alpha value is -2.01. The van der Waals surface area contributed by atoms with Gasteiger partial charge in [-0.2, -0.15) is 4.31 Å². The molecule has 0 fully saturated rings. The molecule has 0 bridgehead atoms. The lowest BCUT2D eigenvalue weighted by Gasteiger charge is -2.21. The first kappa shape index (κ1) is 28.2. The van der Waals surface area contributed by atoms with Gasteiger partial charge in [0.05, 0.1) is 16.0 Å². The van der Waals surface area contributed by atoms with E-state index in [1.807, 2.05) is 13.8 Å². The second-order valence-corrected chi connectivity index (χ2v) is 10.9. The number of amides is 1. The normalized spacial score (nSPS) is 11.3. The van der Waals surface area contributed by atoms with Gasteiger partial charge < -0.3 is 10.1 Å². The first-order chi connectivity index (χ1) is 16.2. The van der Waals surface area contributed by atoms with E-state index in [-0.39, 0.29) is 15.9 Å². The minimum absolute atomic E-state index is 0.110. The molecule has 2 N–H and O–H groups in total. The summed E-state index contributed by atoms with van der Waals surface area (Å²) in [4.78, 5) is 12.8. The number of thiocarbonyl (C=S) groups is 1. The number of unbranched alkanes of at least 4 members (excludes halogenated alkanes) is 1. The van der Waals surface area contributed by atoms with Crippen molar-refractivity contribution in [3.05, 3.63) is 52.5 Å². The van der Waals surface area contributed by atoms with Crippen LogP contribution in [0.2, 0.25) is 0 Å². The lowest BCUT2D eigenvalue weighted by atomic mass is 10.2. The third kappa shape index (κ3) is 8.04. The van der Waals surface area contributed by atoms with Crippen molar-refractivity contribution in [1.82, 2.24) is 9.62 Å². The second-order valence-electron chi connectivity index (χ2n) is 7.68. The Morgan fingerprint density at radius 3 is 2.24 bits per heavy atom. The Labute approximate surface area is 216 Å². The third-order valence-electron chi connectivity index (χ3n) is 4.87. The van der Waals surface area contributed by atoms with Crippen LogP contribution < -0.4 is 15.4 Å². The summed E-state index contributed by atoms with van der Waals surface area (Å²) in [5.41, 5.74) is 0.995. The quantitative estimate of drug-likeness (QED) is 0.257. The third-order valence-corrected chi connectivity index (χ3v) is 7.61. The molecule has 0 spiro atoms. The maximum Gasteiger partial charge on any atom is 0.257 e. The van der Waals surface area contributed by atoms with Crippen molar-refractivity contribution >= 4 is 54.9 Å². The van der Waals surface area contributed by atoms with E-state index in [0.29, 0.717) is 41.2 Å². The number of hydrogen-bond donors (Lipinski definition) is 2. The van der Waals surface area contributed by atoms with Gasteiger partial charge in [-0.15, -0.1) is 0 Å². The van der Waals surface area contributed by atoms with Crippen LogP contribution in [0, 0.1) is 0 Å². The topological polar surface area (TPSA) is 87.7 Å². The molecule has 0 aliphatic rings. The summed E-state index contributed by atoms with van der Waals surface area (Å²) in [5, 5.41) is 5.66. The molecule has 0 aliphatic heterocycles. The van der Waals surface area contributed by atoms with Crippen LogP contribution in [0.1, 0.15) is 56.8 Å². The molecule has 7 nitrogen and oxygen atoms in total. The van der Waals surface area contributed by atoms with E-state index >= 15 is 0 Å². The lowest BCUT2D eigenvalue weighted by Crippen LogP contribution is -2.34. The molecule has 2 aromatic rings. The summed E-state index contributed by atoms with van der Waals surface area (Å²) in [6, 6.07) is 11.4. The number of ether oxygens (including phenoxy) is 1. The van der Waals surface area contributed by atoms with Gasteiger partial charge in [-0.1, -0.05) is 27.2 Å². The van der Waals surface area contributed by atoms with E-state index in [2.05, 4.69) is 33.5 Å². The SMILES string of the molecule is CCCCOc1ccc(C(=O)NC(=S)Nc2ccc(S(=O)(=O)N(CCC)CCC)cc2)cc1Br. The number of nitrogens with zero attached hydrogens (tertiary/aromatic N) is 1. The highest BCUT2D eigenvalue weighted by atomic mass is 79.9. The van der Waals surface area contributed by atoms with E-state index in [9.17, 15) is 13.2 Å². The average molecular weight is 571 g/mol. The molecule has 2 rings (SSSR count). The number of carbonyl (C=O) groups is 1. The summed E-state index contributed by atoms with van der Waals surface area (Å²) < 4.78 is 33.6. The molecule has 0 atom stereocenters. The van der Waals surface area contributed by atoms with Gasteiger partial charge in [0.15, 0.2) is 5.11 Å². The smallest absolute Gasteiger partial charge is 0.257 e. The van der Waals surface area contributed by atoms with Gasteiger partial charge in [0, 0.05) is 24.3 Å². The number of anilines is 1. The number of carbonyl (C=O) groups excluding carboxylic acids is 1. The van der Waals surface area contributed by atoms with Gasteiger partial charge in [0.25, 0.3) is 5.91 Å². The summed E-state index contributed by atoms with van der Waals surface area (Å²) >= 11 is 8.69. The fourth-order valence-electron chi connectivity index (χ4n) is 3.13. The van der Waals surface area contributed by atoms with E-state index < -0.39 is 10.0 Å². The number of sulfonamides is 1. The number of rotatable bonds is 12. The molecule has 0 aliphatic carbocycles.